The van der Waals surface area contributed by atoms with Crippen molar-refractivity contribution in [3.63, 3.8) is 0 Å². The summed E-state index contributed by atoms with van der Waals surface area (Å²) in [5.41, 5.74) is -0.448. The first-order chi connectivity index (χ1) is 9.70. The Labute approximate surface area is 129 Å². The normalized spacial score (nSPS) is 11.5. The molecule has 0 fully saturated rings. The zero-order valence-corrected chi connectivity index (χ0v) is 12.8. The number of anilines is 1. The molecule has 21 heavy (non-hydrogen) atoms. The second-order valence-electron chi connectivity index (χ2n) is 4.13. The van der Waals surface area contributed by atoms with Crippen LogP contribution in [0.4, 0.5) is 14.5 Å². The third kappa shape index (κ3) is 3.42. The van der Waals surface area contributed by atoms with Gasteiger partial charge in [-0.15, -0.1) is 0 Å². The highest BCUT2D eigenvalue weighted by Gasteiger charge is 2.19. The van der Waals surface area contributed by atoms with Crippen LogP contribution >= 0.6 is 23.2 Å². The average Bonchev–Trinajstić information content (AvgIpc) is 2.39. The molecule has 0 unspecified atom stereocenters. The van der Waals surface area contributed by atoms with E-state index in [2.05, 4.69) is 4.98 Å². The molecule has 1 aromatic carbocycles. The van der Waals surface area contributed by atoms with E-state index in [1.165, 1.54) is 6.92 Å². The quantitative estimate of drug-likeness (QED) is 0.855. The molecule has 9 heteroatoms. The molecular weight excluding hydrogens is 345 g/mol. The Bertz CT molecular complexity index is 813. The minimum Gasteiger partial charge on any atom is -0.276 e. The predicted octanol–water partition coefficient (Wildman–Crippen LogP) is 3.78. The van der Waals surface area contributed by atoms with Crippen LogP contribution in [0.2, 0.25) is 10.2 Å². The topological polar surface area (TPSA) is 59.1 Å². The fourth-order valence-corrected chi connectivity index (χ4v) is 2.84. The maximum atomic E-state index is 13.7. The summed E-state index contributed by atoms with van der Waals surface area (Å²) in [5, 5.41) is -0.140. The standard InChI is InChI=1S/C12H8Cl2F2N2O2S/c1-6-2-10(16)11(4-9(6)15)18-21(19,20)7-3-8(13)12(14)17-5-7/h2-5,18H,1H3. The molecule has 4 nitrogen and oxygen atoms in total. The number of aromatic nitrogens is 1. The molecule has 0 atom stereocenters. The molecule has 1 N–H and O–H groups in total. The van der Waals surface area contributed by atoms with Crippen LogP contribution in [-0.2, 0) is 10.0 Å². The Hall–Kier alpha value is -1.44. The summed E-state index contributed by atoms with van der Waals surface area (Å²) in [5.74, 6) is -1.63. The second-order valence-corrected chi connectivity index (χ2v) is 6.58. The number of benzene rings is 1. The molecule has 0 saturated carbocycles. The third-order valence-electron chi connectivity index (χ3n) is 2.57. The number of nitrogens with one attached hydrogen (secondary N) is 1. The summed E-state index contributed by atoms with van der Waals surface area (Å²) in [7, 11) is -4.17. The molecule has 1 heterocycles. The van der Waals surface area contributed by atoms with Crippen LogP contribution in [-0.4, -0.2) is 13.4 Å². The molecule has 0 radical (unpaired) electrons. The third-order valence-corrected chi connectivity index (χ3v) is 4.59. The van der Waals surface area contributed by atoms with E-state index in [-0.39, 0.29) is 20.6 Å². The smallest absolute Gasteiger partial charge is 0.263 e. The highest BCUT2D eigenvalue weighted by molar-refractivity contribution is 7.92. The van der Waals surface area contributed by atoms with Gasteiger partial charge in [0, 0.05) is 12.3 Å². The van der Waals surface area contributed by atoms with Gasteiger partial charge in [-0.1, -0.05) is 23.2 Å². The molecule has 0 amide bonds. The predicted molar refractivity (Wildman–Crippen MR) is 76.2 cm³/mol. The SMILES string of the molecule is Cc1cc(F)c(NS(=O)(=O)c2cnc(Cl)c(Cl)c2)cc1F. The van der Waals surface area contributed by atoms with Crippen LogP contribution in [0.5, 0.6) is 0 Å². The Balaban J connectivity index is 2.42. The summed E-state index contributed by atoms with van der Waals surface area (Å²) < 4.78 is 53.1. The number of nitrogens with zero attached hydrogens (tertiary/aromatic N) is 1. The van der Waals surface area contributed by atoms with Crippen molar-refractivity contribution in [2.24, 2.45) is 0 Å². The van der Waals surface area contributed by atoms with Crippen LogP contribution < -0.4 is 4.72 Å². The summed E-state index contributed by atoms with van der Waals surface area (Å²) in [6.45, 7) is 1.36. The van der Waals surface area contributed by atoms with E-state index >= 15 is 0 Å². The number of hydrogen-bond acceptors (Lipinski definition) is 3. The van der Waals surface area contributed by atoms with Gasteiger partial charge in [0.15, 0.2) is 0 Å². The van der Waals surface area contributed by atoms with Gasteiger partial charge in [0.1, 0.15) is 21.7 Å². The Morgan fingerprint density at radius 2 is 1.81 bits per heavy atom. The van der Waals surface area contributed by atoms with E-state index in [4.69, 9.17) is 23.2 Å². The monoisotopic (exact) mass is 352 g/mol. The lowest BCUT2D eigenvalue weighted by Gasteiger charge is -2.10. The fraction of sp³-hybridized carbons (Fsp3) is 0.0833. The summed E-state index contributed by atoms with van der Waals surface area (Å²) in [4.78, 5) is 3.27. The Morgan fingerprint density at radius 1 is 1.14 bits per heavy atom. The van der Waals surface area contributed by atoms with Crippen molar-refractivity contribution in [1.82, 2.24) is 4.98 Å². The maximum absolute atomic E-state index is 13.7. The molecular formula is C12H8Cl2F2N2O2S. The van der Waals surface area contributed by atoms with Gasteiger partial charge in [0.25, 0.3) is 10.0 Å². The van der Waals surface area contributed by atoms with Crippen LogP contribution in [0, 0.1) is 18.6 Å². The van der Waals surface area contributed by atoms with Crippen molar-refractivity contribution in [3.8, 4) is 0 Å². The van der Waals surface area contributed by atoms with Crippen molar-refractivity contribution in [2.75, 3.05) is 4.72 Å². The molecule has 0 aliphatic heterocycles. The number of aryl methyl sites for hydroxylation is 1. The fourth-order valence-electron chi connectivity index (χ4n) is 1.48. The minimum atomic E-state index is -4.17. The van der Waals surface area contributed by atoms with Crippen LogP contribution in [0.15, 0.2) is 29.3 Å². The zero-order valence-electron chi connectivity index (χ0n) is 10.5. The van der Waals surface area contributed by atoms with E-state index in [1.54, 1.807) is 0 Å². The van der Waals surface area contributed by atoms with Crippen LogP contribution in [0.1, 0.15) is 5.56 Å². The van der Waals surface area contributed by atoms with E-state index in [0.717, 1.165) is 24.4 Å². The summed E-state index contributed by atoms with van der Waals surface area (Å²) in [6, 6.07) is 2.70. The van der Waals surface area contributed by atoms with E-state index in [9.17, 15) is 17.2 Å². The lowest BCUT2D eigenvalue weighted by Crippen LogP contribution is -2.14. The molecule has 112 valence electrons. The van der Waals surface area contributed by atoms with Gasteiger partial charge in [0.05, 0.1) is 10.7 Å². The molecule has 2 rings (SSSR count). The molecule has 0 saturated heterocycles. The van der Waals surface area contributed by atoms with Crippen molar-refractivity contribution in [1.29, 1.82) is 0 Å². The van der Waals surface area contributed by atoms with Crippen LogP contribution in [0.25, 0.3) is 0 Å². The Morgan fingerprint density at radius 3 is 2.43 bits per heavy atom. The van der Waals surface area contributed by atoms with Gasteiger partial charge in [-0.2, -0.15) is 0 Å². The zero-order chi connectivity index (χ0) is 15.8. The first-order valence-corrected chi connectivity index (χ1v) is 7.74. The van der Waals surface area contributed by atoms with Crippen molar-refractivity contribution in [3.05, 3.63) is 51.8 Å². The number of halogens is 4. The molecule has 0 bridgehead atoms. The number of hydrogen-bond donors (Lipinski definition) is 1. The molecule has 1 aromatic heterocycles. The largest absolute Gasteiger partial charge is 0.276 e. The number of pyridine rings is 1. The van der Waals surface area contributed by atoms with E-state index in [0.29, 0.717) is 0 Å². The van der Waals surface area contributed by atoms with Crippen molar-refractivity contribution >= 4 is 38.9 Å². The van der Waals surface area contributed by atoms with E-state index in [1.807, 2.05) is 4.72 Å². The molecule has 0 spiro atoms. The summed E-state index contributed by atoms with van der Waals surface area (Å²) >= 11 is 11.3. The van der Waals surface area contributed by atoms with Gasteiger partial charge in [0.2, 0.25) is 0 Å². The Kier molecular flexibility index (Phi) is 4.36. The second kappa shape index (κ2) is 5.75. The van der Waals surface area contributed by atoms with Gasteiger partial charge in [-0.05, 0) is 24.6 Å². The van der Waals surface area contributed by atoms with Gasteiger partial charge in [-0.3, -0.25) is 4.72 Å². The van der Waals surface area contributed by atoms with Crippen LogP contribution in [0.3, 0.4) is 0 Å². The lowest BCUT2D eigenvalue weighted by atomic mass is 10.2. The lowest BCUT2D eigenvalue weighted by molar-refractivity contribution is 0.590. The molecule has 2 aromatic rings. The minimum absolute atomic E-state index is 0.0617. The molecule has 0 aliphatic carbocycles. The number of rotatable bonds is 3. The maximum Gasteiger partial charge on any atom is 0.263 e. The number of sulfonamides is 1. The highest BCUT2D eigenvalue weighted by Crippen LogP contribution is 2.25. The van der Waals surface area contributed by atoms with Gasteiger partial charge in [-0.25, -0.2) is 22.2 Å². The van der Waals surface area contributed by atoms with Gasteiger partial charge >= 0.3 is 0 Å². The van der Waals surface area contributed by atoms with E-state index < -0.39 is 27.3 Å². The first-order valence-electron chi connectivity index (χ1n) is 5.50. The molecule has 0 aliphatic rings. The van der Waals surface area contributed by atoms with Crippen molar-refractivity contribution in [2.45, 2.75) is 11.8 Å². The summed E-state index contributed by atoms with van der Waals surface area (Å²) in [6.07, 6.45) is 0.957. The highest BCUT2D eigenvalue weighted by atomic mass is 35.5. The first kappa shape index (κ1) is 15.9. The van der Waals surface area contributed by atoms with Crippen molar-refractivity contribution < 1.29 is 17.2 Å². The average molecular weight is 353 g/mol. The van der Waals surface area contributed by atoms with Gasteiger partial charge < -0.3 is 0 Å².